The largest absolute Gasteiger partial charge is 0.424 e. The van der Waals surface area contributed by atoms with E-state index in [4.69, 9.17) is 16.3 Å². The number of pyridine rings is 1. The Balaban J connectivity index is 1.41. The van der Waals surface area contributed by atoms with E-state index in [1.54, 1.807) is 49.1 Å². The predicted octanol–water partition coefficient (Wildman–Crippen LogP) is 4.18. The van der Waals surface area contributed by atoms with Crippen LogP contribution in [0.2, 0.25) is 5.02 Å². The third-order valence-corrected chi connectivity index (χ3v) is 4.91. The molecule has 3 aromatic rings. The fourth-order valence-electron chi connectivity index (χ4n) is 3.26. The minimum atomic E-state index is 0.248. The molecule has 0 amide bonds. The van der Waals surface area contributed by atoms with Gasteiger partial charge in [0.2, 0.25) is 0 Å². The van der Waals surface area contributed by atoms with Gasteiger partial charge in [0.05, 0.1) is 5.69 Å². The van der Waals surface area contributed by atoms with Crippen LogP contribution >= 0.6 is 11.6 Å². The summed E-state index contributed by atoms with van der Waals surface area (Å²) in [5.41, 5.74) is 2.68. The molecular formula is C22H20ClN5O2. The van der Waals surface area contributed by atoms with Gasteiger partial charge in [-0.25, -0.2) is 9.97 Å². The van der Waals surface area contributed by atoms with Crippen molar-refractivity contribution in [1.82, 2.24) is 19.9 Å². The minimum Gasteiger partial charge on any atom is -0.424 e. The number of hydrogen-bond donors (Lipinski definition) is 1. The molecule has 1 aliphatic heterocycles. The van der Waals surface area contributed by atoms with E-state index in [9.17, 15) is 4.79 Å². The SMILES string of the molecule is O=CC=CN1CC[C@H](Nc2cncc(-c3cnc(Oc4cccc(Cl)c4)nc3)c2)C1. The molecule has 1 aromatic carbocycles. The second-order valence-electron chi connectivity index (χ2n) is 6.88. The molecule has 0 radical (unpaired) electrons. The van der Waals surface area contributed by atoms with Crippen molar-refractivity contribution in [3.8, 4) is 22.9 Å². The summed E-state index contributed by atoms with van der Waals surface area (Å²) in [4.78, 5) is 25.5. The molecule has 0 saturated carbocycles. The van der Waals surface area contributed by atoms with Crippen LogP contribution in [0, 0.1) is 0 Å². The van der Waals surface area contributed by atoms with Crippen LogP contribution in [-0.4, -0.2) is 45.3 Å². The number of nitrogens with zero attached hydrogens (tertiary/aromatic N) is 4. The van der Waals surface area contributed by atoms with Gasteiger partial charge < -0.3 is 15.0 Å². The predicted molar refractivity (Wildman–Crippen MR) is 116 cm³/mol. The van der Waals surface area contributed by atoms with E-state index < -0.39 is 0 Å². The van der Waals surface area contributed by atoms with Crippen LogP contribution < -0.4 is 10.1 Å². The molecule has 2 aromatic heterocycles. The van der Waals surface area contributed by atoms with E-state index >= 15 is 0 Å². The van der Waals surface area contributed by atoms with E-state index in [-0.39, 0.29) is 6.01 Å². The van der Waals surface area contributed by atoms with Gasteiger partial charge in [-0.1, -0.05) is 17.7 Å². The lowest BCUT2D eigenvalue weighted by Gasteiger charge is -2.15. The van der Waals surface area contributed by atoms with Gasteiger partial charge in [0.1, 0.15) is 12.0 Å². The molecule has 0 bridgehead atoms. The number of benzene rings is 1. The first-order valence-electron chi connectivity index (χ1n) is 9.53. The molecular weight excluding hydrogens is 402 g/mol. The van der Waals surface area contributed by atoms with Crippen LogP contribution in [0.4, 0.5) is 5.69 Å². The average Bonchev–Trinajstić information content (AvgIpc) is 3.20. The molecule has 3 heterocycles. The summed E-state index contributed by atoms with van der Waals surface area (Å²) in [7, 11) is 0. The summed E-state index contributed by atoms with van der Waals surface area (Å²) in [6.07, 6.45) is 12.1. The standard InChI is InChI=1S/C22H20ClN5O2/c23-18-3-1-4-21(10-18)30-22-25-12-17(13-26-22)16-9-20(14-24-11-16)27-19-5-7-28(15-19)6-2-8-29/h1-4,6,8-14,19,27H,5,7,15H2/t19-/m0/s1. The lowest BCUT2D eigenvalue weighted by Crippen LogP contribution is -2.23. The van der Waals surface area contributed by atoms with Gasteiger partial charge in [-0.15, -0.1) is 0 Å². The summed E-state index contributed by atoms with van der Waals surface area (Å²) in [5.74, 6) is 0.580. The van der Waals surface area contributed by atoms with Crippen LogP contribution in [-0.2, 0) is 4.79 Å². The maximum absolute atomic E-state index is 10.5. The fraction of sp³-hybridized carbons (Fsp3) is 0.182. The van der Waals surface area contributed by atoms with Gasteiger partial charge in [-0.2, -0.15) is 0 Å². The highest BCUT2D eigenvalue weighted by Crippen LogP contribution is 2.25. The number of aromatic nitrogens is 3. The Hall–Kier alpha value is -3.45. The van der Waals surface area contributed by atoms with Crippen molar-refractivity contribution in [3.63, 3.8) is 0 Å². The summed E-state index contributed by atoms with van der Waals surface area (Å²) in [6, 6.07) is 9.64. The highest BCUT2D eigenvalue weighted by Gasteiger charge is 2.20. The molecule has 1 saturated heterocycles. The fourth-order valence-corrected chi connectivity index (χ4v) is 3.44. The number of carbonyl (C=O) groups excluding carboxylic acids is 1. The van der Waals surface area contributed by atoms with Crippen molar-refractivity contribution >= 4 is 23.6 Å². The molecule has 1 aliphatic rings. The molecule has 1 N–H and O–H groups in total. The van der Waals surface area contributed by atoms with Crippen molar-refractivity contribution in [1.29, 1.82) is 0 Å². The molecule has 8 heteroatoms. The quantitative estimate of drug-likeness (QED) is 0.452. The Bertz CT molecular complexity index is 1040. The van der Waals surface area contributed by atoms with Gasteiger partial charge in [-0.3, -0.25) is 9.78 Å². The zero-order valence-corrected chi connectivity index (χ0v) is 16.9. The first-order valence-corrected chi connectivity index (χ1v) is 9.91. The van der Waals surface area contributed by atoms with Crippen molar-refractivity contribution in [2.75, 3.05) is 18.4 Å². The van der Waals surface area contributed by atoms with Gasteiger partial charge in [0, 0.05) is 66.3 Å². The van der Waals surface area contributed by atoms with E-state index in [2.05, 4.69) is 25.2 Å². The highest BCUT2D eigenvalue weighted by molar-refractivity contribution is 6.30. The van der Waals surface area contributed by atoms with Gasteiger partial charge in [-0.05, 0) is 36.8 Å². The number of aldehydes is 1. The Morgan fingerprint density at radius 1 is 1.13 bits per heavy atom. The molecule has 1 fully saturated rings. The number of allylic oxidation sites excluding steroid dienone is 1. The Morgan fingerprint density at radius 2 is 2.00 bits per heavy atom. The number of rotatable bonds is 7. The normalized spacial score (nSPS) is 16.0. The van der Waals surface area contributed by atoms with Crippen molar-refractivity contribution in [2.45, 2.75) is 12.5 Å². The minimum absolute atomic E-state index is 0.248. The van der Waals surface area contributed by atoms with Crippen LogP contribution in [0.25, 0.3) is 11.1 Å². The highest BCUT2D eigenvalue weighted by atomic mass is 35.5. The summed E-state index contributed by atoms with van der Waals surface area (Å²) >= 11 is 5.97. The van der Waals surface area contributed by atoms with Gasteiger partial charge >= 0.3 is 6.01 Å². The van der Waals surface area contributed by atoms with Crippen molar-refractivity contribution in [3.05, 3.63) is 72.4 Å². The topological polar surface area (TPSA) is 80.2 Å². The maximum atomic E-state index is 10.5. The van der Waals surface area contributed by atoms with Crippen LogP contribution in [0.5, 0.6) is 11.8 Å². The number of hydrogen-bond acceptors (Lipinski definition) is 7. The van der Waals surface area contributed by atoms with Gasteiger partial charge in [0.15, 0.2) is 0 Å². The van der Waals surface area contributed by atoms with E-state index in [0.29, 0.717) is 16.8 Å². The Labute approximate surface area is 179 Å². The molecule has 30 heavy (non-hydrogen) atoms. The first kappa shape index (κ1) is 19.8. The summed E-state index contributed by atoms with van der Waals surface area (Å²) in [5, 5.41) is 4.09. The second kappa shape index (κ2) is 9.37. The number of ether oxygens (including phenoxy) is 1. The molecule has 152 valence electrons. The summed E-state index contributed by atoms with van der Waals surface area (Å²) < 4.78 is 5.63. The zero-order chi connectivity index (χ0) is 20.8. The summed E-state index contributed by atoms with van der Waals surface area (Å²) in [6.45, 7) is 1.75. The second-order valence-corrected chi connectivity index (χ2v) is 7.31. The number of anilines is 1. The van der Waals surface area contributed by atoms with E-state index in [1.165, 1.54) is 6.08 Å². The monoisotopic (exact) mass is 421 g/mol. The molecule has 0 aliphatic carbocycles. The first-order chi connectivity index (χ1) is 14.7. The van der Waals surface area contributed by atoms with E-state index in [0.717, 1.165) is 42.6 Å². The number of likely N-dealkylation sites (tertiary alicyclic amines) is 1. The lowest BCUT2D eigenvalue weighted by molar-refractivity contribution is -0.104. The van der Waals surface area contributed by atoms with E-state index in [1.807, 2.05) is 12.3 Å². The smallest absolute Gasteiger partial charge is 0.321 e. The maximum Gasteiger partial charge on any atom is 0.321 e. The molecule has 1 atom stereocenters. The third kappa shape index (κ3) is 5.12. The van der Waals surface area contributed by atoms with Crippen molar-refractivity contribution in [2.24, 2.45) is 0 Å². The molecule has 7 nitrogen and oxygen atoms in total. The van der Waals surface area contributed by atoms with Crippen LogP contribution in [0.1, 0.15) is 6.42 Å². The Morgan fingerprint density at radius 3 is 2.80 bits per heavy atom. The zero-order valence-electron chi connectivity index (χ0n) is 16.1. The number of carbonyl (C=O) groups is 1. The lowest BCUT2D eigenvalue weighted by atomic mass is 10.1. The molecule has 0 unspecified atom stereocenters. The number of halogens is 1. The average molecular weight is 422 g/mol. The van der Waals surface area contributed by atoms with Gasteiger partial charge in [0.25, 0.3) is 0 Å². The third-order valence-electron chi connectivity index (χ3n) is 4.67. The molecule has 4 rings (SSSR count). The molecule has 0 spiro atoms. The van der Waals surface area contributed by atoms with Crippen molar-refractivity contribution < 1.29 is 9.53 Å². The van der Waals surface area contributed by atoms with Crippen LogP contribution in [0.15, 0.2) is 67.4 Å². The number of nitrogens with one attached hydrogen (secondary N) is 1. The van der Waals surface area contributed by atoms with Crippen LogP contribution in [0.3, 0.4) is 0 Å². The Kier molecular flexibility index (Phi) is 6.20.